The highest BCUT2D eigenvalue weighted by atomic mass is 16.5. The highest BCUT2D eigenvalue weighted by Gasteiger charge is 2.26. The van der Waals surface area contributed by atoms with Crippen LogP contribution in [0.1, 0.15) is 43.7 Å². The third kappa shape index (κ3) is 3.98. The van der Waals surface area contributed by atoms with Crippen molar-refractivity contribution in [1.82, 2.24) is 0 Å². The van der Waals surface area contributed by atoms with Gasteiger partial charge in [-0.2, -0.15) is 0 Å². The molecular weight excluding hydrogens is 338 g/mol. The van der Waals surface area contributed by atoms with Crippen molar-refractivity contribution in [2.45, 2.75) is 51.1 Å². The molecule has 1 unspecified atom stereocenters. The molecule has 146 valence electrons. The van der Waals surface area contributed by atoms with Gasteiger partial charge in [-0.15, -0.1) is 0 Å². The fraction of sp³-hybridized carbons (Fsp3) is 0.591. The lowest BCUT2D eigenvalue weighted by atomic mass is 9.92. The first-order chi connectivity index (χ1) is 13.2. The number of nitrogens with zero attached hydrogens (tertiary/aromatic N) is 2. The van der Waals surface area contributed by atoms with Gasteiger partial charge >= 0.3 is 0 Å². The monoisotopic (exact) mass is 369 g/mol. The quantitative estimate of drug-likeness (QED) is 0.748. The second kappa shape index (κ2) is 7.93. The van der Waals surface area contributed by atoms with Crippen LogP contribution in [0.2, 0.25) is 0 Å². The fourth-order valence-electron chi connectivity index (χ4n) is 3.76. The molecule has 0 spiro atoms. The van der Waals surface area contributed by atoms with Crippen LogP contribution in [0, 0.1) is 5.92 Å². The maximum Gasteiger partial charge on any atom is 0.132 e. The molecular formula is C22H31N3O2. The summed E-state index contributed by atoms with van der Waals surface area (Å²) in [7, 11) is 2.17. The van der Waals surface area contributed by atoms with Crippen molar-refractivity contribution in [1.29, 1.82) is 0 Å². The highest BCUT2D eigenvalue weighted by molar-refractivity contribution is 6.11. The SMILES string of the molecule is CC1CCc2c(ccc(C(C=NC3CC3)=CN)c2OCCC2COC2)N1C. The van der Waals surface area contributed by atoms with Crippen LogP contribution >= 0.6 is 0 Å². The molecule has 2 aliphatic heterocycles. The van der Waals surface area contributed by atoms with Crippen LogP contribution in [0.25, 0.3) is 5.57 Å². The van der Waals surface area contributed by atoms with E-state index in [0.29, 0.717) is 24.6 Å². The molecule has 1 aromatic rings. The number of ether oxygens (including phenoxy) is 2. The van der Waals surface area contributed by atoms with Crippen molar-refractivity contribution in [2.24, 2.45) is 16.6 Å². The van der Waals surface area contributed by atoms with Gasteiger partial charge in [-0.3, -0.25) is 4.99 Å². The molecule has 0 radical (unpaired) electrons. The summed E-state index contributed by atoms with van der Waals surface area (Å²) in [5.74, 6) is 1.63. The Balaban J connectivity index is 1.63. The van der Waals surface area contributed by atoms with Gasteiger partial charge in [-0.05, 0) is 51.2 Å². The fourth-order valence-corrected chi connectivity index (χ4v) is 3.76. The molecule has 1 atom stereocenters. The van der Waals surface area contributed by atoms with E-state index in [0.717, 1.165) is 49.4 Å². The van der Waals surface area contributed by atoms with Crippen molar-refractivity contribution >= 4 is 17.5 Å². The Kier molecular flexibility index (Phi) is 5.39. The summed E-state index contributed by atoms with van der Waals surface area (Å²) in [6, 6.07) is 5.38. The average Bonchev–Trinajstić information content (AvgIpc) is 3.46. The molecule has 0 aromatic heterocycles. The third-order valence-electron chi connectivity index (χ3n) is 6.03. The zero-order chi connectivity index (χ0) is 18.8. The molecule has 27 heavy (non-hydrogen) atoms. The minimum absolute atomic E-state index is 0.479. The standard InChI is InChI=1S/C22H31N3O2/c1-15-3-6-20-21(25(15)2)8-7-19(17(11-23)12-24-18-4-5-18)22(20)27-10-9-16-13-26-14-16/h7-8,11-12,15-16,18H,3-6,9-10,13-14,23H2,1-2H3. The van der Waals surface area contributed by atoms with Gasteiger partial charge in [0.05, 0.1) is 25.9 Å². The molecule has 5 heteroatoms. The van der Waals surface area contributed by atoms with Crippen LogP contribution in [0.3, 0.4) is 0 Å². The zero-order valence-electron chi connectivity index (χ0n) is 16.5. The van der Waals surface area contributed by atoms with E-state index in [4.69, 9.17) is 15.2 Å². The summed E-state index contributed by atoms with van der Waals surface area (Å²) >= 11 is 0. The maximum atomic E-state index is 6.39. The number of benzene rings is 1. The van der Waals surface area contributed by atoms with E-state index in [1.165, 1.54) is 24.1 Å². The molecule has 2 N–H and O–H groups in total. The minimum atomic E-state index is 0.479. The number of anilines is 1. The predicted molar refractivity (Wildman–Crippen MR) is 111 cm³/mol. The van der Waals surface area contributed by atoms with E-state index < -0.39 is 0 Å². The molecule has 1 aromatic carbocycles. The highest BCUT2D eigenvalue weighted by Crippen LogP contribution is 2.40. The van der Waals surface area contributed by atoms with Crippen LogP contribution in [0.4, 0.5) is 5.69 Å². The van der Waals surface area contributed by atoms with Crippen molar-refractivity contribution < 1.29 is 9.47 Å². The molecule has 2 heterocycles. The zero-order valence-corrected chi connectivity index (χ0v) is 16.5. The molecule has 0 amide bonds. The number of hydrogen-bond acceptors (Lipinski definition) is 5. The van der Waals surface area contributed by atoms with Gasteiger partial charge in [0, 0.05) is 53.8 Å². The van der Waals surface area contributed by atoms with Gasteiger partial charge in [-0.1, -0.05) is 0 Å². The van der Waals surface area contributed by atoms with Gasteiger partial charge in [0.25, 0.3) is 0 Å². The van der Waals surface area contributed by atoms with Crippen LogP contribution in [0.5, 0.6) is 5.75 Å². The van der Waals surface area contributed by atoms with Crippen LogP contribution < -0.4 is 15.4 Å². The van der Waals surface area contributed by atoms with Gasteiger partial charge in [-0.25, -0.2) is 0 Å². The van der Waals surface area contributed by atoms with Crippen molar-refractivity contribution in [3.63, 3.8) is 0 Å². The van der Waals surface area contributed by atoms with Gasteiger partial charge < -0.3 is 20.1 Å². The first-order valence-electron chi connectivity index (χ1n) is 10.2. The predicted octanol–water partition coefficient (Wildman–Crippen LogP) is 3.41. The van der Waals surface area contributed by atoms with E-state index in [1.807, 2.05) is 6.21 Å². The Morgan fingerprint density at radius 1 is 1.33 bits per heavy atom. The summed E-state index contributed by atoms with van der Waals surface area (Å²) in [5, 5.41) is 0. The Labute approximate surface area is 162 Å². The lowest BCUT2D eigenvalue weighted by molar-refractivity contribution is -0.0401. The normalized spacial score (nSPS) is 23.4. The first kappa shape index (κ1) is 18.4. The Bertz CT molecular complexity index is 735. The molecule has 1 saturated carbocycles. The van der Waals surface area contributed by atoms with Crippen LogP contribution in [0.15, 0.2) is 23.3 Å². The van der Waals surface area contributed by atoms with Crippen LogP contribution in [-0.2, 0) is 11.2 Å². The Hall–Kier alpha value is -2.01. The van der Waals surface area contributed by atoms with Gasteiger partial charge in [0.15, 0.2) is 0 Å². The summed E-state index contributed by atoms with van der Waals surface area (Å²) in [5.41, 5.74) is 10.6. The molecule has 4 rings (SSSR count). The Morgan fingerprint density at radius 3 is 2.81 bits per heavy atom. The molecule has 2 fully saturated rings. The molecule has 3 aliphatic rings. The van der Waals surface area contributed by atoms with Gasteiger partial charge in [0.1, 0.15) is 5.75 Å². The van der Waals surface area contributed by atoms with Crippen molar-refractivity contribution in [3.8, 4) is 5.75 Å². The lowest BCUT2D eigenvalue weighted by Crippen LogP contribution is -2.34. The number of nitrogens with two attached hydrogens (primary N) is 1. The first-order valence-corrected chi connectivity index (χ1v) is 10.2. The number of hydrogen-bond donors (Lipinski definition) is 1. The second-order valence-corrected chi connectivity index (χ2v) is 8.11. The second-order valence-electron chi connectivity index (χ2n) is 8.11. The van der Waals surface area contributed by atoms with E-state index in [1.54, 1.807) is 6.20 Å². The lowest BCUT2D eigenvalue weighted by Gasteiger charge is -2.35. The maximum absolute atomic E-state index is 6.39. The summed E-state index contributed by atoms with van der Waals surface area (Å²) < 4.78 is 11.7. The Morgan fingerprint density at radius 2 is 2.15 bits per heavy atom. The van der Waals surface area contributed by atoms with Gasteiger partial charge in [0.2, 0.25) is 0 Å². The van der Waals surface area contributed by atoms with E-state index in [2.05, 4.69) is 36.0 Å². The number of aliphatic imine (C=N–C) groups is 1. The smallest absolute Gasteiger partial charge is 0.132 e. The van der Waals surface area contributed by atoms with Crippen molar-refractivity contribution in [3.05, 3.63) is 29.5 Å². The third-order valence-corrected chi connectivity index (χ3v) is 6.03. The average molecular weight is 370 g/mol. The van der Waals surface area contributed by atoms with E-state index >= 15 is 0 Å². The molecule has 5 nitrogen and oxygen atoms in total. The van der Waals surface area contributed by atoms with E-state index in [9.17, 15) is 0 Å². The van der Waals surface area contributed by atoms with E-state index in [-0.39, 0.29) is 0 Å². The van der Waals surface area contributed by atoms with Crippen molar-refractivity contribution in [2.75, 3.05) is 31.8 Å². The summed E-state index contributed by atoms with van der Waals surface area (Å²) in [6.07, 6.45) is 9.18. The largest absolute Gasteiger partial charge is 0.493 e. The number of fused-ring (bicyclic) bond motifs is 1. The molecule has 1 aliphatic carbocycles. The minimum Gasteiger partial charge on any atom is -0.493 e. The summed E-state index contributed by atoms with van der Waals surface area (Å²) in [4.78, 5) is 7.00. The van der Waals surface area contributed by atoms with Crippen LogP contribution in [-0.4, -0.2) is 45.2 Å². The number of rotatable bonds is 7. The number of allylic oxidation sites excluding steroid dienone is 1. The topological polar surface area (TPSA) is 60.1 Å². The summed E-state index contributed by atoms with van der Waals surface area (Å²) in [6.45, 7) is 4.73. The molecule has 0 bridgehead atoms. The molecule has 1 saturated heterocycles.